The average molecular weight is 475 g/mol. The van der Waals surface area contributed by atoms with Gasteiger partial charge in [-0.3, -0.25) is 19.2 Å². The summed E-state index contributed by atoms with van der Waals surface area (Å²) in [6, 6.07) is 0. The number of carbonyl (C=O) groups is 4. The molecule has 4 aliphatic carbocycles. The molecule has 3 N–H and O–H groups in total. The second-order valence-corrected chi connectivity index (χ2v) is 11.1. The monoisotopic (exact) mass is 474 g/mol. The molecule has 0 amide bonds. The number of carboxylic acids is 1. The summed E-state index contributed by atoms with van der Waals surface area (Å²) in [6.45, 7) is 5.21. The van der Waals surface area contributed by atoms with Crippen LogP contribution in [0.15, 0.2) is 23.8 Å². The number of esters is 1. The van der Waals surface area contributed by atoms with E-state index in [0.717, 1.165) is 12.0 Å². The molecule has 0 radical (unpaired) electrons. The Morgan fingerprint density at radius 1 is 1.21 bits per heavy atom. The molecule has 8 nitrogen and oxygen atoms in total. The molecule has 4 rings (SSSR count). The minimum atomic E-state index is -1.60. The van der Waals surface area contributed by atoms with Crippen molar-refractivity contribution in [1.82, 2.24) is 0 Å². The van der Waals surface area contributed by atoms with E-state index >= 15 is 0 Å². The van der Waals surface area contributed by atoms with Gasteiger partial charge in [0.05, 0.1) is 18.9 Å². The lowest BCUT2D eigenvalue weighted by atomic mass is 9.44. The molecule has 0 aromatic carbocycles. The van der Waals surface area contributed by atoms with Gasteiger partial charge < -0.3 is 20.1 Å². The summed E-state index contributed by atoms with van der Waals surface area (Å²) in [6.07, 6.45) is 5.34. The van der Waals surface area contributed by atoms with Crippen molar-refractivity contribution in [3.05, 3.63) is 23.8 Å². The number of hydrogen-bond donors (Lipinski definition) is 3. The molecule has 0 aliphatic heterocycles. The number of ether oxygens (including phenoxy) is 1. The number of aliphatic hydroxyl groups is 2. The molecule has 34 heavy (non-hydrogen) atoms. The Morgan fingerprint density at radius 2 is 1.91 bits per heavy atom. The van der Waals surface area contributed by atoms with Crippen LogP contribution in [-0.4, -0.2) is 57.1 Å². The summed E-state index contributed by atoms with van der Waals surface area (Å²) in [5, 5.41) is 30.3. The highest BCUT2D eigenvalue weighted by atomic mass is 16.6. The van der Waals surface area contributed by atoms with Gasteiger partial charge >= 0.3 is 11.9 Å². The van der Waals surface area contributed by atoms with E-state index in [9.17, 15) is 29.4 Å². The molecule has 8 atom stereocenters. The molecule has 0 unspecified atom stereocenters. The molecule has 0 heterocycles. The summed E-state index contributed by atoms with van der Waals surface area (Å²) in [4.78, 5) is 48.8. The fraction of sp³-hybridized carbons (Fsp3) is 0.692. The van der Waals surface area contributed by atoms with E-state index in [0.29, 0.717) is 6.42 Å². The summed E-state index contributed by atoms with van der Waals surface area (Å²) < 4.78 is 5.78. The molecule has 0 bridgehead atoms. The fourth-order valence-electron chi connectivity index (χ4n) is 8.00. The molecular weight excluding hydrogens is 440 g/mol. The van der Waals surface area contributed by atoms with Crippen molar-refractivity contribution in [1.29, 1.82) is 0 Å². The van der Waals surface area contributed by atoms with Gasteiger partial charge in [0.25, 0.3) is 0 Å². The first kappa shape index (κ1) is 24.8. The Labute approximate surface area is 199 Å². The third kappa shape index (κ3) is 3.49. The van der Waals surface area contributed by atoms with Gasteiger partial charge in [-0.25, -0.2) is 0 Å². The minimum Gasteiger partial charge on any atom is -0.481 e. The maximum absolute atomic E-state index is 13.1. The van der Waals surface area contributed by atoms with Gasteiger partial charge in [0.1, 0.15) is 6.61 Å². The van der Waals surface area contributed by atoms with Gasteiger partial charge in [-0.15, -0.1) is 0 Å². The number of carboxylic acid groups (broad SMARTS) is 1. The third-order valence-corrected chi connectivity index (χ3v) is 9.36. The highest BCUT2D eigenvalue weighted by Crippen LogP contribution is 2.68. The van der Waals surface area contributed by atoms with Crippen LogP contribution in [0.3, 0.4) is 0 Å². The van der Waals surface area contributed by atoms with Gasteiger partial charge in [-0.05, 0) is 55.6 Å². The Balaban J connectivity index is 1.72. The second kappa shape index (κ2) is 8.41. The Bertz CT molecular complexity index is 981. The summed E-state index contributed by atoms with van der Waals surface area (Å²) in [7, 11) is 0. The van der Waals surface area contributed by atoms with Crippen molar-refractivity contribution in [3.8, 4) is 0 Å². The fourth-order valence-corrected chi connectivity index (χ4v) is 8.00. The number of rotatable bonds is 6. The maximum Gasteiger partial charge on any atom is 0.307 e. The van der Waals surface area contributed by atoms with E-state index in [4.69, 9.17) is 9.84 Å². The van der Waals surface area contributed by atoms with E-state index in [2.05, 4.69) is 13.8 Å². The number of carbonyl (C=O) groups excluding carboxylic acids is 3. The quantitative estimate of drug-likeness (QED) is 0.498. The van der Waals surface area contributed by atoms with Crippen LogP contribution < -0.4 is 0 Å². The van der Waals surface area contributed by atoms with Gasteiger partial charge in [0, 0.05) is 16.7 Å². The normalized spacial score (nSPS) is 42.8. The van der Waals surface area contributed by atoms with Crippen molar-refractivity contribution in [2.24, 2.45) is 34.5 Å². The SMILES string of the molecule is C[C@H]1C[C@@H]2[C@H]([C@@H](O)C[C@@]3(C)[C@H]2CC[C@]3(OC(=O)CCC(=O)O)C(=O)CO)[C@@]2(C)C=CC(=O)C=C12. The minimum absolute atomic E-state index is 0.0230. The summed E-state index contributed by atoms with van der Waals surface area (Å²) >= 11 is 0. The third-order valence-electron chi connectivity index (χ3n) is 9.36. The molecule has 8 heteroatoms. The molecule has 0 aromatic heterocycles. The van der Waals surface area contributed by atoms with Crippen LogP contribution in [0.25, 0.3) is 0 Å². The van der Waals surface area contributed by atoms with Crippen molar-refractivity contribution in [3.63, 3.8) is 0 Å². The standard InChI is InChI=1S/C26H34O8/c1-14-10-16-17-7-9-26(20(30)13-27,34-22(33)5-4-21(31)32)25(17,3)12-19(29)23(16)24(2)8-6-15(28)11-18(14)24/h6,8,11,14,16-17,19,23,27,29H,4-5,7,9-10,12-13H2,1-3H3,(H,31,32)/t14-,16-,17-,19-,23+,24-,25-,26-/m0/s1. The van der Waals surface area contributed by atoms with Crippen molar-refractivity contribution < 1.29 is 39.2 Å². The Hall–Kier alpha value is -2.32. The summed E-state index contributed by atoms with van der Waals surface area (Å²) in [5.41, 5.74) is -1.97. The lowest BCUT2D eigenvalue weighted by Gasteiger charge is -2.61. The van der Waals surface area contributed by atoms with Gasteiger partial charge in [0.15, 0.2) is 11.4 Å². The number of aliphatic carboxylic acids is 1. The molecular formula is C26H34O8. The number of Topliss-reactive ketones (excluding diaryl/α,β-unsaturated/α-hetero) is 1. The second-order valence-electron chi connectivity index (χ2n) is 11.1. The van der Waals surface area contributed by atoms with E-state index in [-0.39, 0.29) is 48.7 Å². The average Bonchev–Trinajstić information content (AvgIpc) is 3.05. The van der Waals surface area contributed by atoms with Crippen molar-refractivity contribution in [2.45, 2.75) is 71.0 Å². The lowest BCUT2D eigenvalue weighted by molar-refractivity contribution is -0.201. The zero-order chi connectivity index (χ0) is 25.1. The van der Waals surface area contributed by atoms with E-state index < -0.39 is 53.3 Å². The molecule has 0 aromatic rings. The first-order valence-corrected chi connectivity index (χ1v) is 12.1. The molecule has 4 aliphatic rings. The summed E-state index contributed by atoms with van der Waals surface area (Å²) in [5.74, 6) is -2.65. The highest BCUT2D eigenvalue weighted by Gasteiger charge is 2.70. The smallest absolute Gasteiger partial charge is 0.307 e. The zero-order valence-corrected chi connectivity index (χ0v) is 20.0. The highest BCUT2D eigenvalue weighted by molar-refractivity contribution is 6.01. The van der Waals surface area contributed by atoms with Gasteiger partial charge in [-0.1, -0.05) is 32.4 Å². The van der Waals surface area contributed by atoms with Crippen molar-refractivity contribution in [2.75, 3.05) is 6.61 Å². The largest absolute Gasteiger partial charge is 0.481 e. The number of ketones is 2. The maximum atomic E-state index is 13.1. The van der Waals surface area contributed by atoms with Crippen LogP contribution in [0.2, 0.25) is 0 Å². The number of hydrogen-bond acceptors (Lipinski definition) is 7. The van der Waals surface area contributed by atoms with Crippen LogP contribution in [0.1, 0.15) is 59.3 Å². The van der Waals surface area contributed by atoms with Crippen LogP contribution in [-0.2, 0) is 23.9 Å². The van der Waals surface area contributed by atoms with E-state index in [1.54, 1.807) is 12.2 Å². The number of allylic oxidation sites excluding steroid dienone is 4. The Morgan fingerprint density at radius 3 is 2.56 bits per heavy atom. The van der Waals surface area contributed by atoms with Crippen LogP contribution in [0.5, 0.6) is 0 Å². The molecule has 0 spiro atoms. The van der Waals surface area contributed by atoms with Crippen LogP contribution in [0, 0.1) is 34.5 Å². The van der Waals surface area contributed by atoms with Gasteiger partial charge in [0.2, 0.25) is 5.78 Å². The van der Waals surface area contributed by atoms with Gasteiger partial charge in [-0.2, -0.15) is 0 Å². The first-order valence-electron chi connectivity index (χ1n) is 12.1. The molecule has 3 saturated carbocycles. The number of aliphatic hydroxyl groups excluding tert-OH is 2. The van der Waals surface area contributed by atoms with Crippen LogP contribution >= 0.6 is 0 Å². The van der Waals surface area contributed by atoms with E-state index in [1.165, 1.54) is 0 Å². The lowest BCUT2D eigenvalue weighted by Crippen LogP contribution is -2.63. The van der Waals surface area contributed by atoms with E-state index in [1.807, 2.05) is 13.0 Å². The zero-order valence-electron chi connectivity index (χ0n) is 20.0. The molecule has 186 valence electrons. The molecule has 0 saturated heterocycles. The number of fused-ring (bicyclic) bond motifs is 5. The predicted molar refractivity (Wildman–Crippen MR) is 120 cm³/mol. The predicted octanol–water partition coefficient (Wildman–Crippen LogP) is 2.22. The van der Waals surface area contributed by atoms with Crippen LogP contribution in [0.4, 0.5) is 0 Å². The first-order chi connectivity index (χ1) is 15.9. The topological polar surface area (TPSA) is 138 Å². The van der Waals surface area contributed by atoms with Crippen molar-refractivity contribution >= 4 is 23.5 Å². The Kier molecular flexibility index (Phi) is 6.13. The molecule has 3 fully saturated rings.